The lowest BCUT2D eigenvalue weighted by atomic mass is 9.85. The average Bonchev–Trinajstić information content (AvgIpc) is 4.06. The topological polar surface area (TPSA) is 222 Å². The van der Waals surface area contributed by atoms with Crippen LogP contribution in [0.4, 0.5) is 0 Å². The van der Waals surface area contributed by atoms with Gasteiger partial charge < -0.3 is 44.6 Å². The Morgan fingerprint density at radius 1 is 0.545 bits per heavy atom. The Morgan fingerprint density at radius 2 is 1.02 bits per heavy atom. The van der Waals surface area contributed by atoms with Crippen molar-refractivity contribution in [1.29, 1.82) is 0 Å². The fourth-order valence-corrected chi connectivity index (χ4v) is 8.06. The molecule has 0 amide bonds. The highest BCUT2D eigenvalue weighted by Gasteiger charge is 2.51. The highest BCUT2D eigenvalue weighted by atomic mass is 31.2. The van der Waals surface area contributed by atoms with Crippen LogP contribution in [0.1, 0.15) is 155 Å². The van der Waals surface area contributed by atoms with E-state index >= 15 is 0 Å². The zero-order valence-electron chi connectivity index (χ0n) is 39.6. The second kappa shape index (κ2) is 37.0. The Hall–Kier alpha value is -3.01. The van der Waals surface area contributed by atoms with Crippen molar-refractivity contribution in [3.8, 4) is 0 Å². The molecule has 15 heteroatoms. The number of phosphoric ester groups is 1. The third kappa shape index (κ3) is 28.3. The molecule has 5 unspecified atom stereocenters. The number of allylic oxidation sites excluding steroid dienone is 12. The minimum atomic E-state index is -5.15. The monoisotopic (exact) mass is 951 g/mol. The molecule has 1 saturated heterocycles. The zero-order chi connectivity index (χ0) is 48.3. The Labute approximate surface area is 394 Å². The summed E-state index contributed by atoms with van der Waals surface area (Å²) in [6.45, 7) is 3.08. The maximum atomic E-state index is 12.8. The van der Waals surface area contributed by atoms with E-state index in [9.17, 15) is 44.6 Å². The Balaban J connectivity index is 1.72. The second-order valence-electron chi connectivity index (χ2n) is 17.0. The van der Waals surface area contributed by atoms with Gasteiger partial charge in [0.15, 0.2) is 6.10 Å². The zero-order valence-corrected chi connectivity index (χ0v) is 40.5. The summed E-state index contributed by atoms with van der Waals surface area (Å²) >= 11 is 0. The molecule has 0 bridgehead atoms. The molecule has 6 N–H and O–H groups in total. The molecule has 10 atom stereocenters. The minimum absolute atomic E-state index is 0.0323. The first-order valence-electron chi connectivity index (χ1n) is 24.5. The molecule has 0 spiro atoms. The lowest BCUT2D eigenvalue weighted by Crippen LogP contribution is -2.64. The molecule has 376 valence electrons. The first-order chi connectivity index (χ1) is 31.9. The third-order valence-electron chi connectivity index (χ3n) is 11.1. The van der Waals surface area contributed by atoms with Gasteiger partial charge in [-0.3, -0.25) is 18.6 Å². The van der Waals surface area contributed by atoms with Crippen LogP contribution in [-0.4, -0.2) is 111 Å². The van der Waals surface area contributed by atoms with Crippen molar-refractivity contribution in [3.63, 3.8) is 0 Å². The SMILES string of the molecule is CC/C=C\CC1OC1C/C=C\C/C=C\C/C=C\C/C=C\CCC(=O)OC[C@H](COP(=O)(O)OC1[C@H](O)[C@H](O)C(O)[C@H](O)[C@H]1O)OC(=O)CCCCCCCCC/C=C\C/C=C\CCCCC. The maximum Gasteiger partial charge on any atom is 0.472 e. The fourth-order valence-electron chi connectivity index (χ4n) is 7.09. The van der Waals surface area contributed by atoms with E-state index in [0.29, 0.717) is 31.5 Å². The number of aliphatic hydroxyl groups is 5. The molecule has 0 aromatic rings. The van der Waals surface area contributed by atoms with E-state index in [-0.39, 0.29) is 12.8 Å². The van der Waals surface area contributed by atoms with Gasteiger partial charge in [-0.25, -0.2) is 4.57 Å². The van der Waals surface area contributed by atoms with E-state index in [1.807, 2.05) is 18.2 Å². The van der Waals surface area contributed by atoms with Crippen LogP contribution in [0.25, 0.3) is 0 Å². The van der Waals surface area contributed by atoms with Crippen LogP contribution in [-0.2, 0) is 37.4 Å². The summed E-state index contributed by atoms with van der Waals surface area (Å²) in [4.78, 5) is 35.8. The van der Waals surface area contributed by atoms with Gasteiger partial charge in [0.25, 0.3) is 0 Å². The van der Waals surface area contributed by atoms with Gasteiger partial charge in [-0.2, -0.15) is 0 Å². The van der Waals surface area contributed by atoms with Crippen LogP contribution in [0.2, 0.25) is 0 Å². The first-order valence-corrected chi connectivity index (χ1v) is 26.0. The largest absolute Gasteiger partial charge is 0.472 e. The van der Waals surface area contributed by atoms with Gasteiger partial charge in [-0.05, 0) is 83.5 Å². The molecule has 0 aromatic carbocycles. The molecule has 2 fully saturated rings. The molecular weight excluding hydrogens is 868 g/mol. The van der Waals surface area contributed by atoms with Crippen LogP contribution in [0.5, 0.6) is 0 Å². The second-order valence-corrected chi connectivity index (χ2v) is 18.4. The van der Waals surface area contributed by atoms with Gasteiger partial charge in [0.1, 0.15) is 43.2 Å². The predicted molar refractivity (Wildman–Crippen MR) is 257 cm³/mol. The molecule has 14 nitrogen and oxygen atoms in total. The van der Waals surface area contributed by atoms with Gasteiger partial charge in [-0.1, -0.05) is 144 Å². The number of phosphoric acid groups is 1. The number of epoxide rings is 1. The predicted octanol–water partition coefficient (Wildman–Crippen LogP) is 9.04. The molecule has 0 aromatic heterocycles. The summed E-state index contributed by atoms with van der Waals surface area (Å²) in [6, 6.07) is 0. The van der Waals surface area contributed by atoms with Crippen molar-refractivity contribution in [2.75, 3.05) is 13.2 Å². The molecule has 1 aliphatic carbocycles. The number of rotatable bonds is 38. The Kier molecular flexibility index (Phi) is 33.1. The summed E-state index contributed by atoms with van der Waals surface area (Å²) < 4.78 is 39.2. The molecule has 1 saturated carbocycles. The van der Waals surface area contributed by atoms with E-state index in [0.717, 1.165) is 89.9 Å². The van der Waals surface area contributed by atoms with Gasteiger partial charge in [0.2, 0.25) is 0 Å². The van der Waals surface area contributed by atoms with E-state index < -0.39 is 75.7 Å². The van der Waals surface area contributed by atoms with Gasteiger partial charge in [-0.15, -0.1) is 0 Å². The third-order valence-corrected chi connectivity index (χ3v) is 12.1. The standard InChI is InChI=1S/C51H83O14P/c1-3-5-7-8-9-10-11-12-13-14-15-16-21-24-27-30-34-38-45(53)63-41(40-62-66(59,60)65-51-49(57)47(55)46(54)48(56)50(51)58)39-61-44(52)37-33-29-26-23-20-18-17-19-22-25-28-32-36-43-42(64-43)35-31-6-4-2/h6,9-10,12-13,18-20,22,26,28-29,31-32,41-43,46-51,54-58H,3-5,7-8,11,14-17,21,23-25,27,30,33-40H2,1-2H3,(H,59,60)/b10-9-,13-12-,20-18-,22-19-,29-26-,31-6-,32-28-/t41-,42?,43?,46?,47-,48+,49-,50-,51?/m1/s1. The number of hydrogen-bond donors (Lipinski definition) is 6. The molecule has 1 heterocycles. The van der Waals surface area contributed by atoms with Crippen molar-refractivity contribution < 1.29 is 67.8 Å². The number of esters is 2. The molecule has 0 radical (unpaired) electrons. The number of hydrogen-bond acceptors (Lipinski definition) is 13. The van der Waals surface area contributed by atoms with Gasteiger partial charge >= 0.3 is 19.8 Å². The highest BCUT2D eigenvalue weighted by molar-refractivity contribution is 7.47. The number of ether oxygens (including phenoxy) is 3. The minimum Gasteiger partial charge on any atom is -0.462 e. The Morgan fingerprint density at radius 3 is 1.58 bits per heavy atom. The number of unbranched alkanes of at least 4 members (excludes halogenated alkanes) is 10. The van der Waals surface area contributed by atoms with E-state index in [1.165, 1.54) is 19.3 Å². The van der Waals surface area contributed by atoms with Gasteiger partial charge in [0, 0.05) is 12.8 Å². The molecular formula is C51H83O14P. The summed E-state index contributed by atoms with van der Waals surface area (Å²) in [6.07, 6.45) is 36.8. The van der Waals surface area contributed by atoms with Crippen LogP contribution in [0.3, 0.4) is 0 Å². The number of carbonyl (C=O) groups is 2. The van der Waals surface area contributed by atoms with Crippen molar-refractivity contribution >= 4 is 19.8 Å². The summed E-state index contributed by atoms with van der Waals surface area (Å²) in [7, 11) is -5.15. The molecule has 66 heavy (non-hydrogen) atoms. The van der Waals surface area contributed by atoms with Crippen LogP contribution in [0.15, 0.2) is 85.1 Å². The quantitative estimate of drug-likeness (QED) is 0.0112. The lowest BCUT2D eigenvalue weighted by molar-refractivity contribution is -0.220. The smallest absolute Gasteiger partial charge is 0.462 e. The Bertz CT molecular complexity index is 1540. The first kappa shape index (κ1) is 59.1. The average molecular weight is 951 g/mol. The fraction of sp³-hybridized carbons (Fsp3) is 0.686. The van der Waals surface area contributed by atoms with E-state index in [2.05, 4.69) is 80.7 Å². The van der Waals surface area contributed by atoms with Crippen molar-refractivity contribution in [2.45, 2.75) is 210 Å². The number of carbonyl (C=O) groups excluding carboxylic acids is 2. The highest BCUT2D eigenvalue weighted by Crippen LogP contribution is 2.47. The van der Waals surface area contributed by atoms with Crippen molar-refractivity contribution in [1.82, 2.24) is 0 Å². The summed E-state index contributed by atoms with van der Waals surface area (Å²) in [5.74, 6) is -1.22. The molecule has 2 aliphatic rings. The van der Waals surface area contributed by atoms with E-state index in [4.69, 9.17) is 23.3 Å². The van der Waals surface area contributed by atoms with Crippen LogP contribution in [0, 0.1) is 0 Å². The summed E-state index contributed by atoms with van der Waals surface area (Å²) in [5, 5.41) is 50.2. The van der Waals surface area contributed by atoms with Crippen molar-refractivity contribution in [2.24, 2.45) is 0 Å². The molecule has 1 aliphatic heterocycles. The number of aliphatic hydroxyl groups excluding tert-OH is 5. The lowest BCUT2D eigenvalue weighted by Gasteiger charge is -2.41. The van der Waals surface area contributed by atoms with Gasteiger partial charge in [0.05, 0.1) is 18.8 Å². The van der Waals surface area contributed by atoms with Crippen molar-refractivity contribution in [3.05, 3.63) is 85.1 Å². The van der Waals surface area contributed by atoms with E-state index in [1.54, 1.807) is 0 Å². The molecule has 2 rings (SSSR count). The summed E-state index contributed by atoms with van der Waals surface area (Å²) in [5.41, 5.74) is 0. The normalized spacial score (nSPS) is 25.1. The maximum absolute atomic E-state index is 12.8. The van der Waals surface area contributed by atoms with Crippen LogP contribution >= 0.6 is 7.82 Å². The van der Waals surface area contributed by atoms with Crippen LogP contribution < -0.4 is 0 Å².